The molecule has 3 heteroatoms. The molecule has 0 aliphatic carbocycles. The van der Waals surface area contributed by atoms with E-state index < -0.39 is 0 Å². The van der Waals surface area contributed by atoms with Crippen LogP contribution in [0.4, 0.5) is 0 Å². The van der Waals surface area contributed by atoms with Crippen molar-refractivity contribution in [3.05, 3.63) is 0 Å². The van der Waals surface area contributed by atoms with Crippen LogP contribution in [0.25, 0.3) is 0 Å². The lowest BCUT2D eigenvalue weighted by atomic mass is 9.99. The van der Waals surface area contributed by atoms with Gasteiger partial charge in [-0.05, 0) is 65.7 Å². The molecule has 2 fully saturated rings. The number of piperidine rings is 2. The zero-order valence-corrected chi connectivity index (χ0v) is 13.2. The Morgan fingerprint density at radius 1 is 1.16 bits per heavy atom. The van der Waals surface area contributed by atoms with Gasteiger partial charge in [-0.3, -0.25) is 4.90 Å². The maximum atomic E-state index is 3.70. The molecule has 0 bridgehead atoms. The van der Waals surface area contributed by atoms with Crippen LogP contribution in [0, 0.1) is 0 Å². The van der Waals surface area contributed by atoms with Crippen LogP contribution in [-0.2, 0) is 0 Å². The van der Waals surface area contributed by atoms with Gasteiger partial charge in [-0.15, -0.1) is 0 Å². The fraction of sp³-hybridized carbons (Fsp3) is 1.00. The van der Waals surface area contributed by atoms with Crippen molar-refractivity contribution in [3.63, 3.8) is 0 Å². The van der Waals surface area contributed by atoms with Crippen molar-refractivity contribution >= 4 is 0 Å². The first-order valence-electron chi connectivity index (χ1n) is 8.42. The third kappa shape index (κ3) is 4.44. The summed E-state index contributed by atoms with van der Waals surface area (Å²) >= 11 is 0. The Bertz CT molecular complexity index is 240. The monoisotopic (exact) mass is 267 g/mol. The number of hydrogen-bond donors (Lipinski definition) is 1. The topological polar surface area (TPSA) is 18.5 Å². The van der Waals surface area contributed by atoms with Gasteiger partial charge in [0.25, 0.3) is 0 Å². The fourth-order valence-corrected chi connectivity index (χ4v) is 3.67. The van der Waals surface area contributed by atoms with Gasteiger partial charge in [-0.1, -0.05) is 13.3 Å². The maximum absolute atomic E-state index is 3.70. The van der Waals surface area contributed by atoms with E-state index in [0.29, 0.717) is 0 Å². The Labute approximate surface area is 119 Å². The number of nitrogens with zero attached hydrogens (tertiary/aromatic N) is 2. The third-order valence-electron chi connectivity index (χ3n) is 5.02. The fourth-order valence-electron chi connectivity index (χ4n) is 3.67. The first kappa shape index (κ1) is 15.3. The van der Waals surface area contributed by atoms with E-state index in [-0.39, 0.29) is 0 Å². The summed E-state index contributed by atoms with van der Waals surface area (Å²) in [5.41, 5.74) is 0. The Morgan fingerprint density at radius 2 is 1.89 bits per heavy atom. The summed E-state index contributed by atoms with van der Waals surface area (Å²) < 4.78 is 0. The summed E-state index contributed by atoms with van der Waals surface area (Å²) in [6, 6.07) is 2.29. The summed E-state index contributed by atoms with van der Waals surface area (Å²) in [5.74, 6) is 0. The van der Waals surface area contributed by atoms with E-state index in [1.807, 2.05) is 0 Å². The molecule has 0 spiro atoms. The summed E-state index contributed by atoms with van der Waals surface area (Å²) in [6.45, 7) is 13.3. The molecule has 1 atom stereocenters. The van der Waals surface area contributed by atoms with E-state index in [4.69, 9.17) is 0 Å². The highest BCUT2D eigenvalue weighted by molar-refractivity contribution is 4.84. The Morgan fingerprint density at radius 3 is 2.42 bits per heavy atom. The van der Waals surface area contributed by atoms with Crippen LogP contribution in [0.2, 0.25) is 0 Å². The molecule has 0 saturated carbocycles. The van der Waals surface area contributed by atoms with Gasteiger partial charge in [-0.2, -0.15) is 0 Å². The van der Waals surface area contributed by atoms with E-state index >= 15 is 0 Å². The van der Waals surface area contributed by atoms with E-state index in [9.17, 15) is 0 Å². The smallest absolute Gasteiger partial charge is 0.0195 e. The van der Waals surface area contributed by atoms with Crippen LogP contribution >= 0.6 is 0 Å². The highest BCUT2D eigenvalue weighted by Crippen LogP contribution is 2.19. The molecule has 0 aromatic carbocycles. The summed E-state index contributed by atoms with van der Waals surface area (Å²) in [4.78, 5) is 5.36. The first-order valence-corrected chi connectivity index (χ1v) is 8.42. The lowest BCUT2D eigenvalue weighted by Gasteiger charge is -2.41. The molecule has 1 unspecified atom stereocenters. The second kappa shape index (κ2) is 7.61. The number of likely N-dealkylation sites (tertiary alicyclic amines) is 1. The Kier molecular flexibility index (Phi) is 6.11. The van der Waals surface area contributed by atoms with E-state index in [2.05, 4.69) is 35.9 Å². The average Bonchev–Trinajstić information content (AvgIpc) is 2.46. The minimum Gasteiger partial charge on any atom is -0.313 e. The van der Waals surface area contributed by atoms with E-state index in [1.165, 1.54) is 64.8 Å². The summed E-state index contributed by atoms with van der Waals surface area (Å²) in [7, 11) is 0. The molecule has 0 aromatic rings. The van der Waals surface area contributed by atoms with Crippen molar-refractivity contribution < 1.29 is 0 Å². The zero-order chi connectivity index (χ0) is 13.7. The largest absolute Gasteiger partial charge is 0.313 e. The minimum absolute atomic E-state index is 0.719. The predicted molar refractivity (Wildman–Crippen MR) is 82.6 cm³/mol. The van der Waals surface area contributed by atoms with Crippen molar-refractivity contribution in [1.82, 2.24) is 15.1 Å². The SMILES string of the molecule is CCN(CC1CCCCN1)C1CCN(C(C)C)CC1. The highest BCUT2D eigenvalue weighted by Gasteiger charge is 2.26. The van der Waals surface area contributed by atoms with Gasteiger partial charge in [0, 0.05) is 24.7 Å². The highest BCUT2D eigenvalue weighted by atomic mass is 15.2. The van der Waals surface area contributed by atoms with Crippen molar-refractivity contribution in [2.75, 3.05) is 32.7 Å². The van der Waals surface area contributed by atoms with Crippen LogP contribution in [0.5, 0.6) is 0 Å². The van der Waals surface area contributed by atoms with Gasteiger partial charge in [0.2, 0.25) is 0 Å². The number of hydrogen-bond acceptors (Lipinski definition) is 3. The van der Waals surface area contributed by atoms with Crippen LogP contribution < -0.4 is 5.32 Å². The predicted octanol–water partition coefficient (Wildman–Crippen LogP) is 2.32. The van der Waals surface area contributed by atoms with Crippen LogP contribution in [-0.4, -0.2) is 60.6 Å². The van der Waals surface area contributed by atoms with Crippen molar-refractivity contribution in [2.45, 2.75) is 71.0 Å². The molecule has 19 heavy (non-hydrogen) atoms. The van der Waals surface area contributed by atoms with E-state index in [1.54, 1.807) is 0 Å². The van der Waals surface area contributed by atoms with Crippen LogP contribution in [0.1, 0.15) is 52.9 Å². The van der Waals surface area contributed by atoms with Crippen molar-refractivity contribution in [2.24, 2.45) is 0 Å². The number of nitrogens with one attached hydrogen (secondary N) is 1. The van der Waals surface area contributed by atoms with Crippen molar-refractivity contribution in [1.29, 1.82) is 0 Å². The molecule has 0 aromatic heterocycles. The molecular formula is C16H33N3. The molecule has 2 rings (SSSR count). The number of rotatable bonds is 5. The lowest BCUT2D eigenvalue weighted by Crippen LogP contribution is -2.51. The first-order chi connectivity index (χ1) is 9.20. The van der Waals surface area contributed by atoms with Gasteiger partial charge in [0.15, 0.2) is 0 Å². The Balaban J connectivity index is 1.78. The second-order valence-corrected chi connectivity index (χ2v) is 6.60. The van der Waals surface area contributed by atoms with Crippen molar-refractivity contribution in [3.8, 4) is 0 Å². The molecule has 3 nitrogen and oxygen atoms in total. The second-order valence-electron chi connectivity index (χ2n) is 6.60. The summed E-state index contributed by atoms with van der Waals surface area (Å²) in [6.07, 6.45) is 6.88. The van der Waals surface area contributed by atoms with Gasteiger partial charge in [0.1, 0.15) is 0 Å². The molecule has 0 amide bonds. The zero-order valence-electron chi connectivity index (χ0n) is 13.2. The van der Waals surface area contributed by atoms with Gasteiger partial charge < -0.3 is 10.2 Å². The molecule has 0 radical (unpaired) electrons. The normalized spacial score (nSPS) is 27.3. The molecule has 2 aliphatic rings. The summed E-state index contributed by atoms with van der Waals surface area (Å²) in [5, 5.41) is 3.70. The molecule has 2 saturated heterocycles. The lowest BCUT2D eigenvalue weighted by molar-refractivity contribution is 0.0861. The van der Waals surface area contributed by atoms with Gasteiger partial charge in [0.05, 0.1) is 0 Å². The molecular weight excluding hydrogens is 234 g/mol. The van der Waals surface area contributed by atoms with Crippen LogP contribution in [0.15, 0.2) is 0 Å². The van der Waals surface area contributed by atoms with E-state index in [0.717, 1.165) is 18.1 Å². The quantitative estimate of drug-likeness (QED) is 0.825. The maximum Gasteiger partial charge on any atom is 0.0195 e. The standard InChI is InChI=1S/C16H33N3/c1-4-18(13-15-7-5-6-10-17-15)16-8-11-19(12-9-16)14(2)3/h14-17H,4-13H2,1-3H3. The van der Waals surface area contributed by atoms with Gasteiger partial charge >= 0.3 is 0 Å². The molecule has 2 heterocycles. The Hall–Kier alpha value is -0.120. The molecule has 1 N–H and O–H groups in total. The van der Waals surface area contributed by atoms with Gasteiger partial charge in [-0.25, -0.2) is 0 Å². The van der Waals surface area contributed by atoms with Crippen LogP contribution in [0.3, 0.4) is 0 Å². The number of likely N-dealkylation sites (N-methyl/N-ethyl adjacent to an activating group) is 1. The average molecular weight is 267 g/mol. The minimum atomic E-state index is 0.719. The molecule has 112 valence electrons. The third-order valence-corrected chi connectivity index (χ3v) is 5.02. The molecule has 2 aliphatic heterocycles.